The second kappa shape index (κ2) is 4.59. The van der Waals surface area contributed by atoms with Crippen LogP contribution in [0, 0.1) is 5.41 Å². The second-order valence-electron chi connectivity index (χ2n) is 4.32. The van der Waals surface area contributed by atoms with Gasteiger partial charge in [-0.05, 0) is 25.8 Å². The fourth-order valence-electron chi connectivity index (χ4n) is 1.38. The SMILES string of the molecule is CS(=O)(=O)CCCNCC1(CO)CC1. The summed E-state index contributed by atoms with van der Waals surface area (Å²) in [6.45, 7) is 1.77. The highest BCUT2D eigenvalue weighted by atomic mass is 32.2. The molecule has 0 spiro atoms. The Kier molecular flexibility index (Phi) is 3.92. The van der Waals surface area contributed by atoms with Crippen molar-refractivity contribution in [2.75, 3.05) is 31.7 Å². The van der Waals surface area contributed by atoms with Gasteiger partial charge >= 0.3 is 0 Å². The zero-order valence-corrected chi connectivity index (χ0v) is 9.44. The highest BCUT2D eigenvalue weighted by Gasteiger charge is 2.41. The van der Waals surface area contributed by atoms with Gasteiger partial charge in [-0.25, -0.2) is 8.42 Å². The van der Waals surface area contributed by atoms with Crippen molar-refractivity contribution >= 4 is 9.84 Å². The first-order valence-electron chi connectivity index (χ1n) is 4.97. The molecule has 0 unspecified atom stereocenters. The summed E-state index contributed by atoms with van der Waals surface area (Å²) in [4.78, 5) is 0. The summed E-state index contributed by atoms with van der Waals surface area (Å²) in [7, 11) is -2.82. The van der Waals surface area contributed by atoms with Gasteiger partial charge in [0.2, 0.25) is 0 Å². The maximum Gasteiger partial charge on any atom is 0.147 e. The smallest absolute Gasteiger partial charge is 0.147 e. The molecule has 5 heteroatoms. The van der Waals surface area contributed by atoms with Crippen LogP contribution in [0.25, 0.3) is 0 Å². The van der Waals surface area contributed by atoms with Crippen molar-refractivity contribution in [2.45, 2.75) is 19.3 Å². The molecule has 1 rings (SSSR count). The van der Waals surface area contributed by atoms with E-state index >= 15 is 0 Å². The van der Waals surface area contributed by atoms with Crippen molar-refractivity contribution in [1.29, 1.82) is 0 Å². The van der Waals surface area contributed by atoms with Crippen molar-refractivity contribution < 1.29 is 13.5 Å². The van der Waals surface area contributed by atoms with Crippen LogP contribution in [-0.4, -0.2) is 45.2 Å². The standard InChI is InChI=1S/C9H19NO3S/c1-14(12,13)6-2-5-10-7-9(8-11)3-4-9/h10-11H,2-8H2,1H3. The molecule has 0 aromatic carbocycles. The maximum atomic E-state index is 10.8. The van der Waals surface area contributed by atoms with Crippen LogP contribution in [0.2, 0.25) is 0 Å². The minimum atomic E-state index is -2.82. The van der Waals surface area contributed by atoms with Crippen molar-refractivity contribution in [3.8, 4) is 0 Å². The lowest BCUT2D eigenvalue weighted by Crippen LogP contribution is -2.28. The Morgan fingerprint density at radius 1 is 1.43 bits per heavy atom. The van der Waals surface area contributed by atoms with E-state index in [4.69, 9.17) is 5.11 Å². The van der Waals surface area contributed by atoms with Crippen LogP contribution in [0.5, 0.6) is 0 Å². The molecule has 0 saturated heterocycles. The largest absolute Gasteiger partial charge is 0.396 e. The molecular weight excluding hydrogens is 202 g/mol. The Bertz CT molecular complexity index is 270. The lowest BCUT2D eigenvalue weighted by Gasteiger charge is -2.12. The first-order chi connectivity index (χ1) is 6.47. The molecular formula is C9H19NO3S. The van der Waals surface area contributed by atoms with E-state index in [2.05, 4.69) is 5.32 Å². The van der Waals surface area contributed by atoms with Gasteiger partial charge in [0, 0.05) is 24.8 Å². The lowest BCUT2D eigenvalue weighted by molar-refractivity contribution is 0.208. The summed E-state index contributed by atoms with van der Waals surface area (Å²) >= 11 is 0. The molecule has 0 atom stereocenters. The van der Waals surface area contributed by atoms with Gasteiger partial charge in [-0.1, -0.05) is 0 Å². The topological polar surface area (TPSA) is 66.4 Å². The molecule has 84 valence electrons. The normalized spacial score (nSPS) is 19.6. The quantitative estimate of drug-likeness (QED) is 0.583. The number of aliphatic hydroxyl groups excluding tert-OH is 1. The zero-order chi connectivity index (χ0) is 10.7. The molecule has 1 fully saturated rings. The van der Waals surface area contributed by atoms with Crippen LogP contribution in [-0.2, 0) is 9.84 Å². The third-order valence-electron chi connectivity index (χ3n) is 2.66. The van der Waals surface area contributed by atoms with E-state index in [9.17, 15) is 8.42 Å². The molecule has 0 heterocycles. The van der Waals surface area contributed by atoms with E-state index in [1.807, 2.05) is 0 Å². The molecule has 1 aliphatic carbocycles. The average molecular weight is 221 g/mol. The fourth-order valence-corrected chi connectivity index (χ4v) is 2.05. The van der Waals surface area contributed by atoms with Crippen molar-refractivity contribution in [3.63, 3.8) is 0 Å². The summed E-state index contributed by atoms with van der Waals surface area (Å²) in [6, 6.07) is 0. The summed E-state index contributed by atoms with van der Waals surface area (Å²) < 4.78 is 21.6. The Balaban J connectivity index is 2.00. The van der Waals surface area contributed by atoms with Gasteiger partial charge in [0.05, 0.1) is 5.75 Å². The van der Waals surface area contributed by atoms with E-state index < -0.39 is 9.84 Å². The predicted molar refractivity (Wildman–Crippen MR) is 56.0 cm³/mol. The van der Waals surface area contributed by atoms with E-state index in [0.29, 0.717) is 6.42 Å². The molecule has 2 N–H and O–H groups in total. The van der Waals surface area contributed by atoms with E-state index in [0.717, 1.165) is 25.9 Å². The molecule has 0 aliphatic heterocycles. The van der Waals surface area contributed by atoms with Gasteiger partial charge in [0.15, 0.2) is 0 Å². The van der Waals surface area contributed by atoms with Gasteiger partial charge in [0.1, 0.15) is 9.84 Å². The first kappa shape index (κ1) is 11.9. The fraction of sp³-hybridized carbons (Fsp3) is 1.00. The monoisotopic (exact) mass is 221 g/mol. The Morgan fingerprint density at radius 3 is 2.50 bits per heavy atom. The highest BCUT2D eigenvalue weighted by Crippen LogP contribution is 2.44. The van der Waals surface area contributed by atoms with Gasteiger partial charge in [-0.3, -0.25) is 0 Å². The third-order valence-corrected chi connectivity index (χ3v) is 3.69. The van der Waals surface area contributed by atoms with Crippen LogP contribution in [0.4, 0.5) is 0 Å². The average Bonchev–Trinajstić information content (AvgIpc) is 2.83. The summed E-state index contributed by atoms with van der Waals surface area (Å²) in [6.07, 6.45) is 4.08. The number of sulfone groups is 1. The molecule has 14 heavy (non-hydrogen) atoms. The highest BCUT2D eigenvalue weighted by molar-refractivity contribution is 7.90. The Labute approximate surface area is 85.6 Å². The Morgan fingerprint density at radius 2 is 2.07 bits per heavy atom. The van der Waals surface area contributed by atoms with Crippen LogP contribution in [0.15, 0.2) is 0 Å². The van der Waals surface area contributed by atoms with E-state index in [-0.39, 0.29) is 17.8 Å². The second-order valence-corrected chi connectivity index (χ2v) is 6.58. The predicted octanol–water partition coefficient (Wildman–Crippen LogP) is -0.217. The molecule has 1 aliphatic rings. The summed E-state index contributed by atoms with van der Waals surface area (Å²) in [5.41, 5.74) is 0.116. The molecule has 0 aromatic heterocycles. The molecule has 4 nitrogen and oxygen atoms in total. The van der Waals surface area contributed by atoms with Gasteiger partial charge in [0.25, 0.3) is 0 Å². The number of rotatable bonds is 7. The number of hydrogen-bond donors (Lipinski definition) is 2. The van der Waals surface area contributed by atoms with Crippen molar-refractivity contribution in [2.24, 2.45) is 5.41 Å². The first-order valence-corrected chi connectivity index (χ1v) is 7.03. The lowest BCUT2D eigenvalue weighted by atomic mass is 10.1. The summed E-state index contributed by atoms with van der Waals surface area (Å²) in [5.74, 6) is 0.242. The Hall–Kier alpha value is -0.130. The van der Waals surface area contributed by atoms with Crippen LogP contribution < -0.4 is 5.32 Å². The van der Waals surface area contributed by atoms with Crippen LogP contribution in [0.3, 0.4) is 0 Å². The minimum Gasteiger partial charge on any atom is -0.396 e. The molecule has 1 saturated carbocycles. The summed E-state index contributed by atoms with van der Waals surface area (Å²) in [5, 5.41) is 12.2. The number of hydrogen-bond acceptors (Lipinski definition) is 4. The number of nitrogens with one attached hydrogen (secondary N) is 1. The molecule has 0 bridgehead atoms. The molecule has 0 radical (unpaired) electrons. The van der Waals surface area contributed by atoms with E-state index in [1.165, 1.54) is 6.26 Å². The van der Waals surface area contributed by atoms with Crippen molar-refractivity contribution in [1.82, 2.24) is 5.32 Å². The molecule has 0 aromatic rings. The van der Waals surface area contributed by atoms with Crippen LogP contribution >= 0.6 is 0 Å². The van der Waals surface area contributed by atoms with Gasteiger partial charge in [-0.15, -0.1) is 0 Å². The van der Waals surface area contributed by atoms with Gasteiger partial charge < -0.3 is 10.4 Å². The minimum absolute atomic E-state index is 0.116. The number of aliphatic hydroxyl groups is 1. The van der Waals surface area contributed by atoms with E-state index in [1.54, 1.807) is 0 Å². The van der Waals surface area contributed by atoms with Crippen LogP contribution in [0.1, 0.15) is 19.3 Å². The van der Waals surface area contributed by atoms with Crippen molar-refractivity contribution in [3.05, 3.63) is 0 Å². The molecule has 0 amide bonds. The van der Waals surface area contributed by atoms with Gasteiger partial charge in [-0.2, -0.15) is 0 Å². The maximum absolute atomic E-state index is 10.8. The zero-order valence-electron chi connectivity index (χ0n) is 8.62. The third kappa shape index (κ3) is 4.39.